The first kappa shape index (κ1) is 12.7. The summed E-state index contributed by atoms with van der Waals surface area (Å²) in [7, 11) is 0. The number of hydrogen-bond donors (Lipinski definition) is 0. The minimum absolute atomic E-state index is 0.0106. The lowest BCUT2D eigenvalue weighted by Crippen LogP contribution is -2.55. The van der Waals surface area contributed by atoms with E-state index < -0.39 is 0 Å². The number of ether oxygens (including phenoxy) is 1. The molecule has 0 N–H and O–H groups in total. The number of carbonyl (C=O) groups is 1. The fourth-order valence-corrected chi connectivity index (χ4v) is 3.31. The molecule has 0 radical (unpaired) electrons. The maximum Gasteiger partial charge on any atom is 0.309 e. The summed E-state index contributed by atoms with van der Waals surface area (Å²) in [5.74, 6) is 1.20. The summed E-state index contributed by atoms with van der Waals surface area (Å²) in [5, 5.41) is 0. The smallest absolute Gasteiger partial charge is 0.309 e. The van der Waals surface area contributed by atoms with Crippen molar-refractivity contribution >= 4 is 5.97 Å². The first-order chi connectivity index (χ1) is 7.87. The second-order valence-corrected chi connectivity index (χ2v) is 6.34. The molecule has 17 heavy (non-hydrogen) atoms. The highest BCUT2D eigenvalue weighted by atomic mass is 16.5. The van der Waals surface area contributed by atoms with Crippen LogP contribution in [0.15, 0.2) is 11.6 Å². The summed E-state index contributed by atoms with van der Waals surface area (Å²) < 4.78 is 5.68. The van der Waals surface area contributed by atoms with E-state index in [1.54, 1.807) is 0 Å². The maximum atomic E-state index is 11.9. The van der Waals surface area contributed by atoms with E-state index in [1.807, 2.05) is 13.8 Å². The van der Waals surface area contributed by atoms with E-state index in [2.05, 4.69) is 26.8 Å². The summed E-state index contributed by atoms with van der Waals surface area (Å²) in [6.07, 6.45) is 4.22. The molecule has 96 valence electrons. The van der Waals surface area contributed by atoms with Crippen molar-refractivity contribution in [2.24, 2.45) is 23.2 Å². The number of allylic oxidation sites excluding steroid dienone is 1. The van der Waals surface area contributed by atoms with Crippen molar-refractivity contribution in [3.8, 4) is 0 Å². The average Bonchev–Trinajstić information content (AvgIpc) is 2.26. The van der Waals surface area contributed by atoms with Gasteiger partial charge in [-0.3, -0.25) is 4.79 Å². The number of carbonyl (C=O) groups excluding carboxylic acids is 1. The average molecular weight is 236 g/mol. The molecular formula is C15H24O2. The van der Waals surface area contributed by atoms with Crippen LogP contribution in [-0.2, 0) is 9.53 Å². The fourth-order valence-electron chi connectivity index (χ4n) is 3.31. The van der Waals surface area contributed by atoms with E-state index in [9.17, 15) is 4.79 Å². The number of hydrogen-bond acceptors (Lipinski definition) is 2. The van der Waals surface area contributed by atoms with Crippen molar-refractivity contribution in [2.45, 2.75) is 53.6 Å². The number of esters is 1. The zero-order chi connectivity index (χ0) is 12.8. The Morgan fingerprint density at radius 1 is 1.59 bits per heavy atom. The standard InChI is InChI=1S/C15H24O2/c1-6-9(2)14(16)17-13-7-10(3)11-8-12(13)15(11,4)5/h7,9,11-13H,6,8H2,1-5H3. The van der Waals surface area contributed by atoms with Crippen LogP contribution in [0.4, 0.5) is 0 Å². The molecule has 2 heteroatoms. The van der Waals surface area contributed by atoms with Crippen LogP contribution in [-0.4, -0.2) is 12.1 Å². The molecule has 0 aliphatic heterocycles. The van der Waals surface area contributed by atoms with Gasteiger partial charge in [0.25, 0.3) is 0 Å². The highest BCUT2D eigenvalue weighted by Gasteiger charge is 2.55. The molecular weight excluding hydrogens is 212 g/mol. The molecule has 0 aromatic rings. The number of rotatable bonds is 3. The Morgan fingerprint density at radius 2 is 2.24 bits per heavy atom. The first-order valence-corrected chi connectivity index (χ1v) is 6.76. The molecule has 0 spiro atoms. The predicted octanol–water partition coefficient (Wildman–Crippen LogP) is 3.57. The van der Waals surface area contributed by atoms with E-state index in [4.69, 9.17) is 4.74 Å². The zero-order valence-electron chi connectivity index (χ0n) is 11.6. The molecule has 0 aromatic heterocycles. The summed E-state index contributed by atoms with van der Waals surface area (Å²) in [4.78, 5) is 11.9. The molecule has 2 nitrogen and oxygen atoms in total. The first-order valence-electron chi connectivity index (χ1n) is 6.76. The van der Waals surface area contributed by atoms with E-state index >= 15 is 0 Å². The Balaban J connectivity index is 2.08. The molecule has 1 fully saturated rings. The van der Waals surface area contributed by atoms with E-state index in [-0.39, 0.29) is 18.0 Å². The fraction of sp³-hybridized carbons (Fsp3) is 0.800. The van der Waals surface area contributed by atoms with Gasteiger partial charge in [0.05, 0.1) is 5.92 Å². The third-order valence-electron chi connectivity index (χ3n) is 4.98. The number of fused-ring (bicyclic) bond motifs is 1. The molecule has 0 amide bonds. The highest BCUT2D eigenvalue weighted by Crippen LogP contribution is 2.59. The molecule has 3 aliphatic carbocycles. The van der Waals surface area contributed by atoms with Crippen molar-refractivity contribution in [3.05, 3.63) is 11.6 Å². The van der Waals surface area contributed by atoms with Crippen LogP contribution in [0.3, 0.4) is 0 Å². The largest absolute Gasteiger partial charge is 0.458 e. The third kappa shape index (κ3) is 1.92. The highest BCUT2D eigenvalue weighted by molar-refractivity contribution is 5.72. The second kappa shape index (κ2) is 4.15. The lowest BCUT2D eigenvalue weighted by Gasteiger charge is -2.58. The summed E-state index contributed by atoms with van der Waals surface area (Å²) >= 11 is 0. The van der Waals surface area contributed by atoms with Crippen LogP contribution in [0.25, 0.3) is 0 Å². The van der Waals surface area contributed by atoms with Gasteiger partial charge in [0, 0.05) is 5.92 Å². The predicted molar refractivity (Wildman–Crippen MR) is 68.5 cm³/mol. The lowest BCUT2D eigenvalue weighted by molar-refractivity contribution is -0.165. The van der Waals surface area contributed by atoms with Gasteiger partial charge >= 0.3 is 5.97 Å². The topological polar surface area (TPSA) is 26.3 Å². The van der Waals surface area contributed by atoms with Crippen LogP contribution in [0.5, 0.6) is 0 Å². The second-order valence-electron chi connectivity index (χ2n) is 6.34. The van der Waals surface area contributed by atoms with Crippen LogP contribution in [0.2, 0.25) is 0 Å². The van der Waals surface area contributed by atoms with Crippen LogP contribution in [0, 0.1) is 23.2 Å². The molecule has 0 aromatic carbocycles. The normalized spacial score (nSPS) is 35.6. The summed E-state index contributed by atoms with van der Waals surface area (Å²) in [6.45, 7) is 10.7. The molecule has 3 aliphatic rings. The molecule has 3 rings (SSSR count). The molecule has 2 bridgehead atoms. The Hall–Kier alpha value is -0.790. The van der Waals surface area contributed by atoms with Crippen molar-refractivity contribution in [1.29, 1.82) is 0 Å². The Labute approximate surface area is 104 Å². The van der Waals surface area contributed by atoms with Gasteiger partial charge in [0.1, 0.15) is 6.10 Å². The van der Waals surface area contributed by atoms with Gasteiger partial charge in [0.2, 0.25) is 0 Å². The Morgan fingerprint density at radius 3 is 2.71 bits per heavy atom. The van der Waals surface area contributed by atoms with Crippen molar-refractivity contribution in [2.75, 3.05) is 0 Å². The minimum Gasteiger partial charge on any atom is -0.458 e. The van der Waals surface area contributed by atoms with E-state index in [0.717, 1.165) is 6.42 Å². The minimum atomic E-state index is -0.0392. The van der Waals surface area contributed by atoms with Gasteiger partial charge in [0.15, 0.2) is 0 Å². The van der Waals surface area contributed by atoms with Gasteiger partial charge < -0.3 is 4.74 Å². The van der Waals surface area contributed by atoms with Crippen molar-refractivity contribution in [1.82, 2.24) is 0 Å². The summed E-state index contributed by atoms with van der Waals surface area (Å²) in [5.41, 5.74) is 1.71. The van der Waals surface area contributed by atoms with Crippen LogP contribution < -0.4 is 0 Å². The van der Waals surface area contributed by atoms with Gasteiger partial charge in [-0.1, -0.05) is 33.3 Å². The molecule has 1 saturated carbocycles. The lowest BCUT2D eigenvalue weighted by atomic mass is 9.48. The SMILES string of the molecule is CCC(C)C(=O)OC1C=C(C)C2CC1C2(C)C. The molecule has 0 heterocycles. The Kier molecular flexibility index (Phi) is 3.09. The van der Waals surface area contributed by atoms with Crippen LogP contribution in [0.1, 0.15) is 47.5 Å². The third-order valence-corrected chi connectivity index (χ3v) is 4.98. The van der Waals surface area contributed by atoms with Crippen molar-refractivity contribution < 1.29 is 9.53 Å². The van der Waals surface area contributed by atoms with Gasteiger partial charge in [-0.2, -0.15) is 0 Å². The van der Waals surface area contributed by atoms with Gasteiger partial charge in [-0.05, 0) is 37.2 Å². The molecule has 4 unspecified atom stereocenters. The van der Waals surface area contributed by atoms with Gasteiger partial charge in [-0.15, -0.1) is 0 Å². The molecule has 4 atom stereocenters. The molecule has 0 saturated heterocycles. The zero-order valence-corrected chi connectivity index (χ0v) is 11.6. The van der Waals surface area contributed by atoms with Crippen molar-refractivity contribution in [3.63, 3.8) is 0 Å². The van der Waals surface area contributed by atoms with Crippen LogP contribution >= 0.6 is 0 Å². The maximum absolute atomic E-state index is 11.9. The Bertz CT molecular complexity index is 354. The van der Waals surface area contributed by atoms with E-state index in [1.165, 1.54) is 12.0 Å². The van der Waals surface area contributed by atoms with E-state index in [0.29, 0.717) is 17.3 Å². The quantitative estimate of drug-likeness (QED) is 0.553. The monoisotopic (exact) mass is 236 g/mol. The summed E-state index contributed by atoms with van der Waals surface area (Å²) in [6, 6.07) is 0. The van der Waals surface area contributed by atoms with Gasteiger partial charge in [-0.25, -0.2) is 0 Å².